The Morgan fingerprint density at radius 1 is 1.21 bits per heavy atom. The van der Waals surface area contributed by atoms with Crippen molar-refractivity contribution in [3.05, 3.63) is 62.7 Å². The van der Waals surface area contributed by atoms with E-state index >= 15 is 0 Å². The normalized spacial score (nSPS) is 17.9. The van der Waals surface area contributed by atoms with Gasteiger partial charge in [0.25, 0.3) is 5.91 Å². The number of azo groups is 1. The summed E-state index contributed by atoms with van der Waals surface area (Å²) in [5.41, 5.74) is 1.37. The number of carbonyl (C=O) groups is 2. The minimum atomic E-state index is -3.89. The fourth-order valence-corrected chi connectivity index (χ4v) is 5.48. The Morgan fingerprint density at radius 3 is 2.58 bits per heavy atom. The molecule has 2 amide bonds. The van der Waals surface area contributed by atoms with Crippen LogP contribution >= 0.6 is 0 Å². The molecule has 1 unspecified atom stereocenters. The minimum Gasteiger partial charge on any atom is -0.493 e. The monoisotopic (exact) mass is 473 g/mol. The van der Waals surface area contributed by atoms with Crippen LogP contribution in [0, 0.1) is 6.92 Å². The van der Waals surface area contributed by atoms with Gasteiger partial charge in [0.2, 0.25) is 21.3 Å². The van der Waals surface area contributed by atoms with Crippen LogP contribution < -0.4 is 0 Å². The third-order valence-corrected chi connectivity index (χ3v) is 7.32. The first kappa shape index (κ1) is 24.5. The number of methoxy groups -OCH3 is 2. The van der Waals surface area contributed by atoms with Crippen molar-refractivity contribution in [3.63, 3.8) is 0 Å². The highest BCUT2D eigenvalue weighted by Crippen LogP contribution is 2.43. The molecule has 0 saturated carbocycles. The first-order valence-electron chi connectivity index (χ1n) is 10.5. The van der Waals surface area contributed by atoms with Crippen LogP contribution in [0.4, 0.5) is 5.69 Å². The lowest BCUT2D eigenvalue weighted by molar-refractivity contribution is -0.118. The minimum absolute atomic E-state index is 0.130. The summed E-state index contributed by atoms with van der Waals surface area (Å²) < 4.78 is 36.5. The van der Waals surface area contributed by atoms with Crippen LogP contribution in [0.2, 0.25) is 0 Å². The predicted octanol–water partition coefficient (Wildman–Crippen LogP) is 3.95. The molecule has 0 spiro atoms. The number of benzene rings is 1. The van der Waals surface area contributed by atoms with Gasteiger partial charge in [0.05, 0.1) is 35.9 Å². The molecule has 1 aromatic rings. The number of carbonyl (C=O) groups excluding carboxylic acids is 2. The lowest BCUT2D eigenvalue weighted by Crippen LogP contribution is -2.41. The summed E-state index contributed by atoms with van der Waals surface area (Å²) >= 11 is 0. The molecule has 1 aromatic carbocycles. The number of hydrogen-bond acceptors (Lipinski definition) is 8. The van der Waals surface area contributed by atoms with Crippen LogP contribution in [0.15, 0.2) is 61.8 Å². The molecular formula is C23H27N3O6S. The Kier molecular flexibility index (Phi) is 7.60. The number of imide groups is 1. The molecule has 1 atom stereocenters. The lowest BCUT2D eigenvalue weighted by atomic mass is 10.0. The van der Waals surface area contributed by atoms with Crippen LogP contribution in [0.3, 0.4) is 0 Å². The van der Waals surface area contributed by atoms with Crippen molar-refractivity contribution in [1.82, 2.24) is 4.90 Å². The average Bonchev–Trinajstić information content (AvgIpc) is 3.03. The molecule has 3 rings (SSSR count). The summed E-state index contributed by atoms with van der Waals surface area (Å²) in [6.45, 7) is 3.75. The first-order valence-corrected chi connectivity index (χ1v) is 12.0. The summed E-state index contributed by atoms with van der Waals surface area (Å²) in [6.07, 6.45) is 5.74. The Balaban J connectivity index is 2.07. The maximum absolute atomic E-state index is 13.3. The second kappa shape index (κ2) is 10.2. The quantitative estimate of drug-likeness (QED) is 0.396. The molecular weight excluding hydrogens is 446 g/mol. The first-order chi connectivity index (χ1) is 15.8. The number of fused-ring (bicyclic) bond motifs is 1. The molecule has 10 heteroatoms. The number of amides is 2. The molecule has 0 fully saturated rings. The van der Waals surface area contributed by atoms with Gasteiger partial charge in [-0.2, -0.15) is 0 Å². The standard InChI is InChI=1S/C23H27N3O6S/c1-5-16(13-31-3)26(14-27)23(28)20-15(2)9-8-11-18(20)24-25-22-21(32-4)17-10-6-7-12-19(17)33(22,29)30/h8-12,14,16H,5-7,13H2,1-4H3. The second-order valence-electron chi connectivity index (χ2n) is 7.61. The smallest absolute Gasteiger partial charge is 0.263 e. The van der Waals surface area contributed by atoms with Gasteiger partial charge < -0.3 is 9.47 Å². The van der Waals surface area contributed by atoms with Crippen molar-refractivity contribution in [3.8, 4) is 0 Å². The molecule has 1 heterocycles. The Hall–Kier alpha value is -3.11. The number of hydrogen-bond donors (Lipinski definition) is 0. The van der Waals surface area contributed by atoms with Crippen molar-refractivity contribution in [2.75, 3.05) is 20.8 Å². The van der Waals surface area contributed by atoms with Crippen molar-refractivity contribution in [2.45, 2.75) is 39.2 Å². The van der Waals surface area contributed by atoms with Gasteiger partial charge in [-0.1, -0.05) is 31.2 Å². The Bertz CT molecular complexity index is 1180. The van der Waals surface area contributed by atoms with Crippen LogP contribution in [-0.2, 0) is 24.1 Å². The number of nitrogens with zero attached hydrogens (tertiary/aromatic N) is 3. The van der Waals surface area contributed by atoms with E-state index < -0.39 is 21.8 Å². The van der Waals surface area contributed by atoms with E-state index in [0.29, 0.717) is 36.8 Å². The summed E-state index contributed by atoms with van der Waals surface area (Å²) in [5.74, 6) is -0.429. The summed E-state index contributed by atoms with van der Waals surface area (Å²) in [5, 5.41) is 7.84. The van der Waals surface area contributed by atoms with Crippen LogP contribution in [0.5, 0.6) is 0 Å². The topological polar surface area (TPSA) is 115 Å². The van der Waals surface area contributed by atoms with Gasteiger partial charge >= 0.3 is 0 Å². The molecule has 176 valence electrons. The van der Waals surface area contributed by atoms with E-state index in [1.165, 1.54) is 14.2 Å². The number of allylic oxidation sites excluding steroid dienone is 3. The van der Waals surface area contributed by atoms with Crippen LogP contribution in [0.25, 0.3) is 0 Å². The van der Waals surface area contributed by atoms with E-state index in [2.05, 4.69) is 10.2 Å². The SMILES string of the molecule is CCC(COC)N(C=O)C(=O)c1c(C)cccc1N=NC1=C(OC)C2=CCCC=C2S1(=O)=O. The van der Waals surface area contributed by atoms with Crippen molar-refractivity contribution >= 4 is 27.8 Å². The predicted molar refractivity (Wildman–Crippen MR) is 122 cm³/mol. The molecule has 1 aliphatic carbocycles. The number of rotatable bonds is 9. The van der Waals surface area contributed by atoms with E-state index in [-0.39, 0.29) is 33.6 Å². The third-order valence-electron chi connectivity index (χ3n) is 5.58. The molecule has 9 nitrogen and oxygen atoms in total. The van der Waals surface area contributed by atoms with E-state index in [0.717, 1.165) is 4.90 Å². The molecule has 2 aliphatic rings. The molecule has 0 saturated heterocycles. The van der Waals surface area contributed by atoms with E-state index in [4.69, 9.17) is 9.47 Å². The largest absolute Gasteiger partial charge is 0.493 e. The second-order valence-corrected chi connectivity index (χ2v) is 9.44. The van der Waals surface area contributed by atoms with Crippen molar-refractivity contribution in [1.29, 1.82) is 0 Å². The Morgan fingerprint density at radius 2 is 1.94 bits per heavy atom. The summed E-state index contributed by atoms with van der Waals surface area (Å²) in [4.78, 5) is 26.3. The van der Waals surface area contributed by atoms with Crippen molar-refractivity contribution in [2.24, 2.45) is 10.2 Å². The van der Waals surface area contributed by atoms with Gasteiger partial charge in [0.15, 0.2) is 5.76 Å². The summed E-state index contributed by atoms with van der Waals surface area (Å²) in [7, 11) is -1.02. The fourth-order valence-electron chi connectivity index (χ4n) is 3.88. The highest BCUT2D eigenvalue weighted by Gasteiger charge is 2.41. The molecule has 33 heavy (non-hydrogen) atoms. The van der Waals surface area contributed by atoms with Gasteiger partial charge in [0.1, 0.15) is 0 Å². The van der Waals surface area contributed by atoms with Crippen LogP contribution in [0.1, 0.15) is 42.1 Å². The van der Waals surface area contributed by atoms with Crippen molar-refractivity contribution < 1.29 is 27.5 Å². The molecule has 1 aliphatic heterocycles. The number of aryl methyl sites for hydroxylation is 1. The van der Waals surface area contributed by atoms with Gasteiger partial charge in [-0.25, -0.2) is 8.42 Å². The summed E-state index contributed by atoms with van der Waals surface area (Å²) in [6, 6.07) is 4.48. The number of sulfone groups is 1. The van der Waals surface area contributed by atoms with E-state index in [9.17, 15) is 18.0 Å². The molecule has 0 radical (unpaired) electrons. The van der Waals surface area contributed by atoms with Gasteiger partial charge in [-0.3, -0.25) is 14.5 Å². The third kappa shape index (κ3) is 4.53. The zero-order chi connectivity index (χ0) is 24.2. The number of ether oxygens (including phenoxy) is 2. The van der Waals surface area contributed by atoms with E-state index in [1.807, 2.05) is 6.92 Å². The molecule has 0 aromatic heterocycles. The maximum atomic E-state index is 13.3. The Labute approximate surface area is 193 Å². The van der Waals surface area contributed by atoms with Gasteiger partial charge in [-0.05, 0) is 37.8 Å². The lowest BCUT2D eigenvalue weighted by Gasteiger charge is -2.26. The maximum Gasteiger partial charge on any atom is 0.263 e. The molecule has 0 bridgehead atoms. The molecule has 0 N–H and O–H groups in total. The average molecular weight is 474 g/mol. The fraction of sp³-hybridized carbons (Fsp3) is 0.391. The van der Waals surface area contributed by atoms with Crippen LogP contribution in [-0.4, -0.2) is 52.5 Å². The zero-order valence-electron chi connectivity index (χ0n) is 19.1. The highest BCUT2D eigenvalue weighted by molar-refractivity contribution is 7.99. The zero-order valence-corrected chi connectivity index (χ0v) is 19.9. The highest BCUT2D eigenvalue weighted by atomic mass is 32.2. The van der Waals surface area contributed by atoms with E-state index in [1.54, 1.807) is 37.3 Å². The van der Waals surface area contributed by atoms with Gasteiger partial charge in [0, 0.05) is 12.7 Å². The van der Waals surface area contributed by atoms with Gasteiger partial charge in [-0.15, -0.1) is 10.2 Å².